The van der Waals surface area contributed by atoms with E-state index < -0.39 is 4.92 Å². The Bertz CT molecular complexity index is 712. The lowest BCUT2D eigenvalue weighted by molar-refractivity contribution is -0.384. The number of nitro groups is 1. The van der Waals surface area contributed by atoms with Crippen molar-refractivity contribution < 1.29 is 9.72 Å². The Labute approximate surface area is 126 Å². The van der Waals surface area contributed by atoms with E-state index in [1.807, 2.05) is 0 Å². The Morgan fingerprint density at radius 3 is 2.38 bits per heavy atom. The highest BCUT2D eigenvalue weighted by atomic mass is 35.5. The summed E-state index contributed by atoms with van der Waals surface area (Å²) in [6.45, 7) is 1.78. The van der Waals surface area contributed by atoms with E-state index >= 15 is 0 Å². The first kappa shape index (κ1) is 15.0. The van der Waals surface area contributed by atoms with E-state index in [0.717, 1.165) is 16.7 Å². The quantitative estimate of drug-likeness (QED) is 0.696. The SMILES string of the molecule is CNC(=O)c1ccc(-c2cc(Cl)c([N+](=O)[O-])cc2C)cc1. The first-order chi connectivity index (χ1) is 9.93. The van der Waals surface area contributed by atoms with Crippen LogP contribution >= 0.6 is 11.6 Å². The molecule has 0 saturated carbocycles. The van der Waals surface area contributed by atoms with Crippen LogP contribution in [-0.4, -0.2) is 17.9 Å². The van der Waals surface area contributed by atoms with Gasteiger partial charge in [-0.2, -0.15) is 0 Å². The van der Waals surface area contributed by atoms with Crippen molar-refractivity contribution in [1.29, 1.82) is 0 Å². The van der Waals surface area contributed by atoms with Gasteiger partial charge >= 0.3 is 0 Å². The summed E-state index contributed by atoms with van der Waals surface area (Å²) >= 11 is 5.94. The van der Waals surface area contributed by atoms with E-state index in [1.165, 1.54) is 6.07 Å². The molecule has 2 aromatic carbocycles. The second-order valence-electron chi connectivity index (χ2n) is 4.53. The summed E-state index contributed by atoms with van der Waals surface area (Å²) in [5.41, 5.74) is 2.83. The summed E-state index contributed by atoms with van der Waals surface area (Å²) in [6.07, 6.45) is 0. The van der Waals surface area contributed by atoms with E-state index in [1.54, 1.807) is 44.3 Å². The highest BCUT2D eigenvalue weighted by Gasteiger charge is 2.16. The topological polar surface area (TPSA) is 72.2 Å². The number of halogens is 1. The molecule has 0 aliphatic rings. The van der Waals surface area contributed by atoms with Gasteiger partial charge in [0, 0.05) is 18.7 Å². The number of hydrogen-bond acceptors (Lipinski definition) is 3. The summed E-state index contributed by atoms with van der Waals surface area (Å²) < 4.78 is 0. The smallest absolute Gasteiger partial charge is 0.288 e. The molecule has 5 nitrogen and oxygen atoms in total. The number of aryl methyl sites for hydroxylation is 1. The lowest BCUT2D eigenvalue weighted by Crippen LogP contribution is -2.17. The van der Waals surface area contributed by atoms with Gasteiger partial charge in [-0.25, -0.2) is 0 Å². The first-order valence-corrected chi connectivity index (χ1v) is 6.59. The van der Waals surface area contributed by atoms with Gasteiger partial charge in [0.05, 0.1) is 4.92 Å². The van der Waals surface area contributed by atoms with Gasteiger partial charge < -0.3 is 5.32 Å². The molecule has 1 N–H and O–H groups in total. The van der Waals surface area contributed by atoms with Crippen molar-refractivity contribution in [1.82, 2.24) is 5.32 Å². The zero-order chi connectivity index (χ0) is 15.6. The van der Waals surface area contributed by atoms with Crippen molar-refractivity contribution in [3.8, 4) is 11.1 Å². The Kier molecular flexibility index (Phi) is 4.23. The number of benzene rings is 2. The maximum absolute atomic E-state index is 11.5. The second kappa shape index (κ2) is 5.93. The van der Waals surface area contributed by atoms with Crippen molar-refractivity contribution in [2.24, 2.45) is 0 Å². The zero-order valence-electron chi connectivity index (χ0n) is 11.5. The summed E-state index contributed by atoms with van der Waals surface area (Å²) in [6, 6.07) is 9.99. The predicted molar refractivity (Wildman–Crippen MR) is 81.7 cm³/mol. The summed E-state index contributed by atoms with van der Waals surface area (Å²) in [7, 11) is 1.57. The van der Waals surface area contributed by atoms with E-state index in [4.69, 9.17) is 11.6 Å². The fraction of sp³-hybridized carbons (Fsp3) is 0.133. The Hall–Kier alpha value is -2.40. The number of amides is 1. The minimum absolute atomic E-state index is 0.0935. The fourth-order valence-corrected chi connectivity index (χ4v) is 2.30. The lowest BCUT2D eigenvalue weighted by Gasteiger charge is -2.08. The molecule has 0 atom stereocenters. The molecular formula is C15H13ClN2O3. The number of rotatable bonds is 3. The van der Waals surface area contributed by atoms with E-state index in [9.17, 15) is 14.9 Å². The molecule has 0 aromatic heterocycles. The second-order valence-corrected chi connectivity index (χ2v) is 4.94. The van der Waals surface area contributed by atoms with Crippen LogP contribution in [0.3, 0.4) is 0 Å². The normalized spacial score (nSPS) is 10.2. The maximum Gasteiger partial charge on any atom is 0.288 e. The molecule has 1 amide bonds. The van der Waals surface area contributed by atoms with E-state index in [2.05, 4.69) is 5.32 Å². The number of hydrogen-bond donors (Lipinski definition) is 1. The molecule has 0 aliphatic carbocycles. The maximum atomic E-state index is 11.5. The van der Waals surface area contributed by atoms with Gasteiger partial charge in [-0.1, -0.05) is 23.7 Å². The fourth-order valence-electron chi connectivity index (χ4n) is 2.06. The predicted octanol–water partition coefficient (Wildman–Crippen LogP) is 3.58. The van der Waals surface area contributed by atoms with Crippen LogP contribution in [0.4, 0.5) is 5.69 Å². The zero-order valence-corrected chi connectivity index (χ0v) is 12.3. The van der Waals surface area contributed by atoms with Crippen molar-refractivity contribution in [2.45, 2.75) is 6.92 Å². The minimum atomic E-state index is -0.506. The molecule has 0 radical (unpaired) electrons. The first-order valence-electron chi connectivity index (χ1n) is 6.21. The van der Waals surface area contributed by atoms with Gasteiger partial charge in [-0.3, -0.25) is 14.9 Å². The van der Waals surface area contributed by atoms with Gasteiger partial charge in [-0.15, -0.1) is 0 Å². The molecule has 0 unspecified atom stereocenters. The van der Waals surface area contributed by atoms with Crippen LogP contribution < -0.4 is 5.32 Å². The summed E-state index contributed by atoms with van der Waals surface area (Å²) in [5.74, 6) is -0.167. The van der Waals surface area contributed by atoms with Crippen molar-refractivity contribution >= 4 is 23.2 Å². The molecule has 21 heavy (non-hydrogen) atoms. The molecule has 0 bridgehead atoms. The molecule has 2 aromatic rings. The van der Waals surface area contributed by atoms with Crippen LogP contribution in [0.25, 0.3) is 11.1 Å². The van der Waals surface area contributed by atoms with Gasteiger partial charge in [0.2, 0.25) is 0 Å². The van der Waals surface area contributed by atoms with Crippen LogP contribution in [0.5, 0.6) is 0 Å². The number of carbonyl (C=O) groups is 1. The standard InChI is InChI=1S/C15H13ClN2O3/c1-9-7-14(18(20)21)13(16)8-12(9)10-3-5-11(6-4-10)15(19)17-2/h3-8H,1-2H3,(H,17,19). The van der Waals surface area contributed by atoms with Gasteiger partial charge in [0.1, 0.15) is 5.02 Å². The number of nitrogens with one attached hydrogen (secondary N) is 1. The molecule has 0 heterocycles. The number of carbonyl (C=O) groups excluding carboxylic acids is 1. The highest BCUT2D eigenvalue weighted by Crippen LogP contribution is 2.33. The van der Waals surface area contributed by atoms with Gasteiger partial charge in [0.25, 0.3) is 11.6 Å². The summed E-state index contributed by atoms with van der Waals surface area (Å²) in [5, 5.41) is 13.5. The highest BCUT2D eigenvalue weighted by molar-refractivity contribution is 6.33. The molecule has 0 aliphatic heterocycles. The average molecular weight is 305 g/mol. The van der Waals surface area contributed by atoms with Gasteiger partial charge in [0.15, 0.2) is 0 Å². The van der Waals surface area contributed by atoms with Crippen molar-refractivity contribution in [3.63, 3.8) is 0 Å². The average Bonchev–Trinajstić information content (AvgIpc) is 2.48. The van der Waals surface area contributed by atoms with Crippen LogP contribution in [0, 0.1) is 17.0 Å². The molecule has 6 heteroatoms. The third-order valence-electron chi connectivity index (χ3n) is 3.18. The van der Waals surface area contributed by atoms with Gasteiger partial charge in [-0.05, 0) is 41.8 Å². The molecule has 0 saturated heterocycles. The van der Waals surface area contributed by atoms with Crippen LogP contribution in [0.2, 0.25) is 5.02 Å². The molecule has 0 fully saturated rings. The Morgan fingerprint density at radius 1 is 1.24 bits per heavy atom. The van der Waals surface area contributed by atoms with Crippen molar-refractivity contribution in [3.05, 3.63) is 62.7 Å². The molecule has 2 rings (SSSR count). The Morgan fingerprint density at radius 2 is 1.86 bits per heavy atom. The van der Waals surface area contributed by atoms with E-state index in [0.29, 0.717) is 5.56 Å². The number of nitro benzene ring substituents is 1. The third kappa shape index (κ3) is 3.03. The minimum Gasteiger partial charge on any atom is -0.355 e. The van der Waals surface area contributed by atoms with E-state index in [-0.39, 0.29) is 16.6 Å². The summed E-state index contributed by atoms with van der Waals surface area (Å²) in [4.78, 5) is 21.8. The largest absolute Gasteiger partial charge is 0.355 e. The molecular weight excluding hydrogens is 292 g/mol. The van der Waals surface area contributed by atoms with Crippen molar-refractivity contribution in [2.75, 3.05) is 7.05 Å². The Balaban J connectivity index is 2.45. The molecule has 108 valence electrons. The number of nitrogens with zero attached hydrogens (tertiary/aromatic N) is 1. The van der Waals surface area contributed by atoms with Crippen LogP contribution in [0.1, 0.15) is 15.9 Å². The monoisotopic (exact) mass is 304 g/mol. The third-order valence-corrected chi connectivity index (χ3v) is 3.48. The molecule has 0 spiro atoms. The van der Waals surface area contributed by atoms with Crippen LogP contribution in [-0.2, 0) is 0 Å². The lowest BCUT2D eigenvalue weighted by atomic mass is 9.99. The van der Waals surface area contributed by atoms with Crippen LogP contribution in [0.15, 0.2) is 36.4 Å².